The molecule has 1 aromatic heterocycles. The van der Waals surface area contributed by atoms with Gasteiger partial charge in [0.05, 0.1) is 12.1 Å². The SMILES string of the molecule is O=C(O)c1coc(CNCCNC(=O)C2CC2)c1. The molecular formula is C12H16N2O4. The van der Waals surface area contributed by atoms with Crippen molar-refractivity contribution in [2.45, 2.75) is 19.4 Å². The molecule has 0 bridgehead atoms. The van der Waals surface area contributed by atoms with Crippen LogP contribution in [-0.4, -0.2) is 30.1 Å². The van der Waals surface area contributed by atoms with Crippen molar-refractivity contribution in [3.8, 4) is 0 Å². The minimum atomic E-state index is -0.998. The maximum atomic E-state index is 11.3. The average molecular weight is 252 g/mol. The molecule has 6 nitrogen and oxygen atoms in total. The first-order chi connectivity index (χ1) is 8.66. The van der Waals surface area contributed by atoms with Crippen molar-refractivity contribution in [1.29, 1.82) is 0 Å². The van der Waals surface area contributed by atoms with Crippen LogP contribution in [0.25, 0.3) is 0 Å². The molecule has 1 amide bonds. The number of rotatable bonds is 7. The smallest absolute Gasteiger partial charge is 0.338 e. The molecule has 0 aliphatic heterocycles. The van der Waals surface area contributed by atoms with Crippen LogP contribution >= 0.6 is 0 Å². The predicted molar refractivity (Wildman–Crippen MR) is 63.1 cm³/mol. The van der Waals surface area contributed by atoms with Crippen molar-refractivity contribution in [3.63, 3.8) is 0 Å². The van der Waals surface area contributed by atoms with Crippen LogP contribution in [0.2, 0.25) is 0 Å². The molecule has 1 aromatic rings. The standard InChI is InChI=1S/C12H16N2O4/c15-11(8-1-2-8)14-4-3-13-6-10-5-9(7-18-10)12(16)17/h5,7-8,13H,1-4,6H2,(H,14,15)(H,16,17). The van der Waals surface area contributed by atoms with Crippen LogP contribution in [0.3, 0.4) is 0 Å². The van der Waals surface area contributed by atoms with Crippen LogP contribution in [-0.2, 0) is 11.3 Å². The van der Waals surface area contributed by atoms with Crippen LogP contribution in [0, 0.1) is 5.92 Å². The molecule has 1 fully saturated rings. The van der Waals surface area contributed by atoms with Gasteiger partial charge >= 0.3 is 5.97 Å². The topological polar surface area (TPSA) is 91.6 Å². The Bertz CT molecular complexity index is 437. The van der Waals surface area contributed by atoms with Crippen molar-refractivity contribution >= 4 is 11.9 Å². The van der Waals surface area contributed by atoms with E-state index in [1.165, 1.54) is 12.3 Å². The summed E-state index contributed by atoms with van der Waals surface area (Å²) in [5, 5.41) is 14.6. The largest absolute Gasteiger partial charge is 0.478 e. The predicted octanol–water partition coefficient (Wildman–Crippen LogP) is 0.594. The first kappa shape index (κ1) is 12.6. The summed E-state index contributed by atoms with van der Waals surface area (Å²) in [6.07, 6.45) is 3.22. The van der Waals surface area contributed by atoms with E-state index in [0.717, 1.165) is 12.8 Å². The third-order valence-corrected chi connectivity index (χ3v) is 2.75. The van der Waals surface area contributed by atoms with Gasteiger partial charge in [-0.1, -0.05) is 0 Å². The second kappa shape index (κ2) is 5.68. The number of amides is 1. The highest BCUT2D eigenvalue weighted by Gasteiger charge is 2.28. The van der Waals surface area contributed by atoms with E-state index < -0.39 is 5.97 Å². The summed E-state index contributed by atoms with van der Waals surface area (Å²) in [6, 6.07) is 1.48. The van der Waals surface area contributed by atoms with E-state index in [0.29, 0.717) is 25.4 Å². The van der Waals surface area contributed by atoms with E-state index >= 15 is 0 Å². The van der Waals surface area contributed by atoms with E-state index in [1.807, 2.05) is 0 Å². The number of hydrogen-bond acceptors (Lipinski definition) is 4. The molecule has 0 unspecified atom stereocenters. The number of nitrogens with one attached hydrogen (secondary N) is 2. The fraction of sp³-hybridized carbons (Fsp3) is 0.500. The molecule has 1 saturated carbocycles. The minimum Gasteiger partial charge on any atom is -0.478 e. The van der Waals surface area contributed by atoms with Crippen LogP contribution in [0.15, 0.2) is 16.7 Å². The van der Waals surface area contributed by atoms with Gasteiger partial charge in [0.2, 0.25) is 5.91 Å². The summed E-state index contributed by atoms with van der Waals surface area (Å²) in [7, 11) is 0. The zero-order chi connectivity index (χ0) is 13.0. The molecule has 0 spiro atoms. The Balaban J connectivity index is 1.59. The van der Waals surface area contributed by atoms with Crippen LogP contribution in [0.4, 0.5) is 0 Å². The van der Waals surface area contributed by atoms with Gasteiger partial charge in [0.1, 0.15) is 12.0 Å². The molecule has 1 heterocycles. The molecule has 6 heteroatoms. The lowest BCUT2D eigenvalue weighted by atomic mass is 10.3. The maximum Gasteiger partial charge on any atom is 0.338 e. The van der Waals surface area contributed by atoms with Gasteiger partial charge in [0.25, 0.3) is 0 Å². The van der Waals surface area contributed by atoms with Crippen LogP contribution in [0.5, 0.6) is 0 Å². The average Bonchev–Trinajstić information content (AvgIpc) is 3.08. The van der Waals surface area contributed by atoms with Gasteiger partial charge in [-0.3, -0.25) is 4.79 Å². The Labute approximate surface area is 104 Å². The molecule has 18 heavy (non-hydrogen) atoms. The molecule has 98 valence electrons. The van der Waals surface area contributed by atoms with Crippen molar-refractivity contribution in [1.82, 2.24) is 10.6 Å². The van der Waals surface area contributed by atoms with Crippen molar-refractivity contribution in [2.75, 3.05) is 13.1 Å². The maximum absolute atomic E-state index is 11.3. The molecule has 0 aromatic carbocycles. The minimum absolute atomic E-state index is 0.128. The Kier molecular flexibility index (Phi) is 3.99. The lowest BCUT2D eigenvalue weighted by Crippen LogP contribution is -2.32. The van der Waals surface area contributed by atoms with Crippen LogP contribution in [0.1, 0.15) is 29.0 Å². The van der Waals surface area contributed by atoms with Gasteiger partial charge in [-0.25, -0.2) is 4.79 Å². The van der Waals surface area contributed by atoms with Gasteiger partial charge < -0.3 is 20.2 Å². The highest BCUT2D eigenvalue weighted by Crippen LogP contribution is 2.28. The monoisotopic (exact) mass is 252 g/mol. The summed E-state index contributed by atoms with van der Waals surface area (Å²) in [4.78, 5) is 21.9. The molecule has 0 atom stereocenters. The second-order valence-corrected chi connectivity index (χ2v) is 4.35. The number of furan rings is 1. The van der Waals surface area contributed by atoms with Gasteiger partial charge in [0.15, 0.2) is 0 Å². The summed E-state index contributed by atoms with van der Waals surface area (Å²) >= 11 is 0. The Morgan fingerprint density at radius 3 is 2.78 bits per heavy atom. The second-order valence-electron chi connectivity index (χ2n) is 4.35. The molecule has 3 N–H and O–H groups in total. The summed E-state index contributed by atoms with van der Waals surface area (Å²) < 4.78 is 5.07. The molecule has 0 saturated heterocycles. The highest BCUT2D eigenvalue weighted by atomic mass is 16.4. The number of hydrogen-bond donors (Lipinski definition) is 3. The summed E-state index contributed by atoms with van der Waals surface area (Å²) in [6.45, 7) is 1.65. The normalized spacial score (nSPS) is 14.4. The lowest BCUT2D eigenvalue weighted by molar-refractivity contribution is -0.122. The fourth-order valence-corrected chi connectivity index (χ4v) is 1.56. The third kappa shape index (κ3) is 3.59. The molecule has 1 aliphatic carbocycles. The summed E-state index contributed by atoms with van der Waals surface area (Å²) in [5.41, 5.74) is 0.147. The van der Waals surface area contributed by atoms with Crippen molar-refractivity contribution < 1.29 is 19.1 Å². The zero-order valence-corrected chi connectivity index (χ0v) is 9.94. The zero-order valence-electron chi connectivity index (χ0n) is 9.94. The number of carbonyl (C=O) groups excluding carboxylic acids is 1. The number of aromatic carboxylic acids is 1. The van der Waals surface area contributed by atoms with E-state index in [9.17, 15) is 9.59 Å². The van der Waals surface area contributed by atoms with E-state index in [4.69, 9.17) is 9.52 Å². The summed E-state index contributed by atoms with van der Waals surface area (Å²) in [5.74, 6) is -0.0706. The first-order valence-corrected chi connectivity index (χ1v) is 5.96. The molecule has 2 rings (SSSR count). The Morgan fingerprint density at radius 2 is 2.17 bits per heavy atom. The Morgan fingerprint density at radius 1 is 1.39 bits per heavy atom. The number of carbonyl (C=O) groups is 2. The molecule has 0 radical (unpaired) electrons. The van der Waals surface area contributed by atoms with Crippen LogP contribution < -0.4 is 10.6 Å². The molecular weight excluding hydrogens is 236 g/mol. The van der Waals surface area contributed by atoms with Gasteiger partial charge in [-0.2, -0.15) is 0 Å². The number of carboxylic acids is 1. The first-order valence-electron chi connectivity index (χ1n) is 5.96. The van der Waals surface area contributed by atoms with Crippen molar-refractivity contribution in [2.24, 2.45) is 5.92 Å². The lowest BCUT2D eigenvalue weighted by Gasteiger charge is -2.04. The quantitative estimate of drug-likeness (QED) is 0.618. The van der Waals surface area contributed by atoms with Gasteiger partial charge in [-0.15, -0.1) is 0 Å². The van der Waals surface area contributed by atoms with Gasteiger partial charge in [-0.05, 0) is 18.9 Å². The third-order valence-electron chi connectivity index (χ3n) is 2.75. The highest BCUT2D eigenvalue weighted by molar-refractivity contribution is 5.87. The number of carboxylic acid groups (broad SMARTS) is 1. The van der Waals surface area contributed by atoms with Crippen molar-refractivity contribution in [3.05, 3.63) is 23.7 Å². The Hall–Kier alpha value is -1.82. The van der Waals surface area contributed by atoms with E-state index in [-0.39, 0.29) is 17.4 Å². The van der Waals surface area contributed by atoms with E-state index in [2.05, 4.69) is 10.6 Å². The molecule has 1 aliphatic rings. The fourth-order valence-electron chi connectivity index (χ4n) is 1.56. The van der Waals surface area contributed by atoms with E-state index in [1.54, 1.807) is 0 Å². The van der Waals surface area contributed by atoms with Gasteiger partial charge in [0, 0.05) is 19.0 Å².